The number of nitrogens with one attached hydrogen (secondary N) is 2. The molecule has 384 valence electrons. The van der Waals surface area contributed by atoms with E-state index in [9.17, 15) is 24.3 Å². The fourth-order valence-electron chi connectivity index (χ4n) is 13.6. The molecule has 3 aromatic rings. The highest BCUT2D eigenvalue weighted by molar-refractivity contribution is 5.94. The lowest BCUT2D eigenvalue weighted by atomic mass is 9.47. The molecule has 1 amide bonds. The lowest BCUT2D eigenvalue weighted by molar-refractivity contribution is -0.217. The second-order valence-corrected chi connectivity index (χ2v) is 21.4. The Morgan fingerprint density at radius 1 is 0.972 bits per heavy atom. The quantitative estimate of drug-likeness (QED) is 0.107. The number of carbonyl (C=O) groups is 5. The molecular weight excluding hydrogens is 915 g/mol. The number of ether oxygens (including phenoxy) is 3. The first kappa shape index (κ1) is 51.6. The summed E-state index contributed by atoms with van der Waals surface area (Å²) in [5.41, 5.74) is 1.47. The van der Waals surface area contributed by atoms with Gasteiger partial charge in [0.25, 0.3) is 0 Å². The number of carboxylic acid groups (broad SMARTS) is 2. The number of likely N-dealkylation sites (N-methyl/N-ethyl adjacent to an activating group) is 1. The molecule has 9 rings (SSSR count). The lowest BCUT2D eigenvalue weighted by Gasteiger charge is -2.64. The van der Waals surface area contributed by atoms with Gasteiger partial charge in [-0.05, 0) is 61.4 Å². The van der Waals surface area contributed by atoms with Crippen LogP contribution in [-0.4, -0.2) is 160 Å². The Hall–Kier alpha value is -5.79. The van der Waals surface area contributed by atoms with Gasteiger partial charge in [-0.25, -0.2) is 9.59 Å². The molecule has 1 saturated heterocycles. The second-order valence-electron chi connectivity index (χ2n) is 21.4. The van der Waals surface area contributed by atoms with E-state index in [4.69, 9.17) is 34.6 Å². The number of benzene rings is 2. The molecule has 7 N–H and O–H groups in total. The average Bonchev–Trinajstić information content (AvgIpc) is 3.99. The van der Waals surface area contributed by atoms with Gasteiger partial charge < -0.3 is 54.9 Å². The zero-order valence-electron chi connectivity index (χ0n) is 42.1. The van der Waals surface area contributed by atoms with Gasteiger partial charge in [0.15, 0.2) is 12.2 Å². The van der Waals surface area contributed by atoms with E-state index in [1.807, 2.05) is 40.0 Å². The van der Waals surface area contributed by atoms with Gasteiger partial charge in [-0.2, -0.15) is 0 Å². The fourth-order valence-corrected chi connectivity index (χ4v) is 13.6. The van der Waals surface area contributed by atoms with Gasteiger partial charge in [-0.3, -0.25) is 24.2 Å². The average molecular weight is 984 g/mol. The van der Waals surface area contributed by atoms with Crippen molar-refractivity contribution >= 4 is 46.4 Å². The normalized spacial score (nSPS) is 31.2. The molecule has 18 nitrogen and oxygen atoms in total. The molecule has 1 spiro atoms. The number of aliphatic hydroxyl groups excluding tert-OH is 2. The number of aromatic nitrogens is 1. The minimum absolute atomic E-state index is 0.0443. The number of carboxylic acids is 2. The maximum absolute atomic E-state index is 15.3. The second kappa shape index (κ2) is 18.7. The van der Waals surface area contributed by atoms with Crippen molar-refractivity contribution in [3.8, 4) is 5.75 Å². The summed E-state index contributed by atoms with van der Waals surface area (Å²) < 4.78 is 18.8. The molecule has 11 atom stereocenters. The number of aliphatic hydroxyl groups is 3. The van der Waals surface area contributed by atoms with Crippen LogP contribution in [0, 0.1) is 16.7 Å². The van der Waals surface area contributed by atoms with Gasteiger partial charge in [0.2, 0.25) is 5.91 Å². The summed E-state index contributed by atoms with van der Waals surface area (Å²) in [5.74, 6) is -4.01. The summed E-state index contributed by atoms with van der Waals surface area (Å²) >= 11 is 0. The van der Waals surface area contributed by atoms with Crippen LogP contribution in [0.15, 0.2) is 60.2 Å². The van der Waals surface area contributed by atoms with Crippen LogP contribution in [0.25, 0.3) is 10.9 Å². The largest absolute Gasteiger partial charge is 0.496 e. The molecule has 2 fully saturated rings. The van der Waals surface area contributed by atoms with Crippen molar-refractivity contribution in [1.82, 2.24) is 20.1 Å². The number of aliphatic carboxylic acids is 2. The summed E-state index contributed by atoms with van der Waals surface area (Å²) in [6, 6.07) is 11.7. The van der Waals surface area contributed by atoms with Crippen molar-refractivity contribution in [3.63, 3.8) is 0 Å². The van der Waals surface area contributed by atoms with E-state index in [0.29, 0.717) is 38.1 Å². The summed E-state index contributed by atoms with van der Waals surface area (Å²) in [7, 11) is 5.13. The number of aromatic amines is 1. The van der Waals surface area contributed by atoms with Crippen LogP contribution in [0.5, 0.6) is 5.75 Å². The Morgan fingerprint density at radius 3 is 2.27 bits per heavy atom. The molecule has 6 aliphatic rings. The minimum atomic E-state index is -2.27. The summed E-state index contributed by atoms with van der Waals surface area (Å²) in [4.78, 5) is 72.7. The first-order valence-corrected chi connectivity index (χ1v) is 24.5. The Kier molecular flexibility index (Phi) is 13.6. The van der Waals surface area contributed by atoms with Crippen molar-refractivity contribution < 1.29 is 63.7 Å². The smallest absolute Gasteiger partial charge is 0.335 e. The molecule has 5 aliphatic heterocycles. The van der Waals surface area contributed by atoms with E-state index in [2.05, 4.69) is 81.3 Å². The maximum Gasteiger partial charge on any atom is 0.335 e. The standard InChI is InChI=1S/C49H63N5O7.C4H6O6/c1-10-30-21-31-24-48(44(57)60-9,39-33(27-53(25-30)26-31)32-15-12-13-16-36(32)51-39)35-22-34-37(23-38(35)59-8)52(7)41-47(34)18-20-54-19-14-17-46(11-2,40(47)54)42(61-29(3)55)49(41,58)28-50-43(56)45(4,5)6;5-1(3(7)8)2(6)4(9)10/h12-17,21-23,31,40-42,51,58H,10-11,18-20,24-28H2,1-9H3,(H,50,56);1-2,5-6H,(H,7,8)(H,9,10)/t31-,40-,41+,42+,46+,47+,48-,49-;/m0./s1. The summed E-state index contributed by atoms with van der Waals surface area (Å²) in [5, 5.41) is 50.5. The van der Waals surface area contributed by atoms with Crippen LogP contribution >= 0.6 is 0 Å². The van der Waals surface area contributed by atoms with E-state index < -0.39 is 69.5 Å². The van der Waals surface area contributed by atoms with Crippen LogP contribution in [-0.2, 0) is 50.8 Å². The van der Waals surface area contributed by atoms with E-state index in [1.54, 1.807) is 7.11 Å². The van der Waals surface area contributed by atoms with Crippen molar-refractivity contribution in [2.24, 2.45) is 16.7 Å². The summed E-state index contributed by atoms with van der Waals surface area (Å²) in [6.45, 7) is 14.9. The van der Waals surface area contributed by atoms with Crippen molar-refractivity contribution in [3.05, 3.63) is 82.6 Å². The third kappa shape index (κ3) is 8.00. The monoisotopic (exact) mass is 983 g/mol. The highest BCUT2D eigenvalue weighted by Crippen LogP contribution is 2.68. The molecule has 1 saturated carbocycles. The highest BCUT2D eigenvalue weighted by Gasteiger charge is 2.78. The number of hydrogen-bond acceptors (Lipinski definition) is 14. The highest BCUT2D eigenvalue weighted by atomic mass is 16.6. The molecule has 6 heterocycles. The molecule has 3 unspecified atom stereocenters. The van der Waals surface area contributed by atoms with E-state index in [1.165, 1.54) is 19.6 Å². The number of fused-ring (bicyclic) bond motifs is 6. The zero-order valence-corrected chi connectivity index (χ0v) is 42.1. The van der Waals surface area contributed by atoms with Crippen molar-refractivity contribution in [2.45, 2.75) is 121 Å². The van der Waals surface area contributed by atoms with Gasteiger partial charge in [0.05, 0.1) is 26.8 Å². The number of anilines is 1. The number of carbonyl (C=O) groups excluding carboxylic acids is 3. The Morgan fingerprint density at radius 2 is 1.66 bits per heavy atom. The van der Waals surface area contributed by atoms with Crippen LogP contribution in [0.3, 0.4) is 0 Å². The van der Waals surface area contributed by atoms with Gasteiger partial charge in [-0.1, -0.05) is 76.6 Å². The zero-order chi connectivity index (χ0) is 51.7. The predicted molar refractivity (Wildman–Crippen MR) is 262 cm³/mol. The number of H-pyrrole nitrogens is 1. The van der Waals surface area contributed by atoms with Crippen molar-refractivity contribution in [2.75, 3.05) is 58.9 Å². The third-order valence-electron chi connectivity index (χ3n) is 16.4. The number of methoxy groups -OCH3 is 2. The number of amides is 1. The Labute approximate surface area is 413 Å². The number of rotatable bonds is 11. The summed E-state index contributed by atoms with van der Waals surface area (Å²) in [6.07, 6.45) is 3.83. The molecule has 18 heteroatoms. The molecule has 2 aromatic carbocycles. The van der Waals surface area contributed by atoms with Gasteiger partial charge in [-0.15, -0.1) is 0 Å². The van der Waals surface area contributed by atoms with Crippen molar-refractivity contribution in [1.29, 1.82) is 0 Å². The number of nitrogens with zero attached hydrogens (tertiary/aromatic N) is 3. The Bertz CT molecular complexity index is 2670. The minimum Gasteiger partial charge on any atom is -0.496 e. The van der Waals surface area contributed by atoms with E-state index in [-0.39, 0.29) is 30.4 Å². The van der Waals surface area contributed by atoms with Crippen LogP contribution < -0.4 is 15.0 Å². The number of hydrogen-bond donors (Lipinski definition) is 7. The first-order chi connectivity index (χ1) is 33.5. The van der Waals surface area contributed by atoms with Crippen LogP contribution in [0.4, 0.5) is 5.69 Å². The lowest BCUT2D eigenvalue weighted by Crippen LogP contribution is -2.81. The maximum atomic E-state index is 15.3. The van der Waals surface area contributed by atoms with Gasteiger partial charge in [0, 0.05) is 96.4 Å². The molecule has 1 aliphatic carbocycles. The Balaban J connectivity index is 0.000000611. The fraction of sp³-hybridized carbons (Fsp3) is 0.566. The predicted octanol–water partition coefficient (Wildman–Crippen LogP) is 3.62. The topological polar surface area (TPSA) is 252 Å². The number of esters is 2. The van der Waals surface area contributed by atoms with Gasteiger partial charge >= 0.3 is 23.9 Å². The van der Waals surface area contributed by atoms with E-state index in [0.717, 1.165) is 65.0 Å². The molecule has 1 aromatic heterocycles. The van der Waals surface area contributed by atoms with Gasteiger partial charge in [0.1, 0.15) is 22.9 Å². The molecule has 71 heavy (non-hydrogen) atoms. The first-order valence-electron chi connectivity index (χ1n) is 24.5. The number of para-hydroxylation sites is 1. The molecular formula is C53H69N5O13. The molecule has 0 radical (unpaired) electrons. The van der Waals surface area contributed by atoms with Crippen LogP contribution in [0.2, 0.25) is 0 Å². The third-order valence-corrected chi connectivity index (χ3v) is 16.4. The van der Waals surface area contributed by atoms with Crippen LogP contribution in [0.1, 0.15) is 89.6 Å². The SMILES string of the molecule is CCC1=C[C@@H]2CN(C1)Cc1c([nH]c3ccccc13)[C@@](C(=O)OC)(c1cc3c(cc1OC)N(C)[C@H]1[C@@](O)(CNC(=O)C(C)(C)C)[C@H](OC(C)=O)[C@]4(CC)C=CCN5CC[C@]31[C@@H]54)C2.O=C(O)C(O)C(O)C(=O)O. The van der Waals surface area contributed by atoms with E-state index >= 15 is 4.79 Å². The molecule has 2 bridgehead atoms.